The molecular formula is C14H18BrN3O2. The molecule has 1 aliphatic carbocycles. The van der Waals surface area contributed by atoms with Crippen LogP contribution in [0.1, 0.15) is 31.2 Å². The van der Waals surface area contributed by atoms with Crippen molar-refractivity contribution in [2.75, 3.05) is 7.05 Å². The molecule has 1 saturated carbocycles. The van der Waals surface area contributed by atoms with Gasteiger partial charge in [0, 0.05) is 11.5 Å². The van der Waals surface area contributed by atoms with Gasteiger partial charge in [0.2, 0.25) is 5.91 Å². The Morgan fingerprint density at radius 3 is 2.25 bits per heavy atom. The highest BCUT2D eigenvalue weighted by molar-refractivity contribution is 9.10. The molecule has 0 saturated heterocycles. The highest BCUT2D eigenvalue weighted by Crippen LogP contribution is 2.41. The summed E-state index contributed by atoms with van der Waals surface area (Å²) in [5.41, 5.74) is 5.33. The number of halogens is 1. The fourth-order valence-electron chi connectivity index (χ4n) is 2.69. The minimum Gasteiger partial charge on any atom is -0.340 e. The van der Waals surface area contributed by atoms with Gasteiger partial charge in [-0.25, -0.2) is 10.2 Å². The summed E-state index contributed by atoms with van der Waals surface area (Å²) < 4.78 is 0.985. The zero-order chi connectivity index (χ0) is 14.6. The molecule has 20 heavy (non-hydrogen) atoms. The number of carbonyl (C=O) groups is 2. The molecule has 3 amide bonds. The van der Waals surface area contributed by atoms with Gasteiger partial charge in [0.05, 0.1) is 5.41 Å². The molecule has 6 heteroatoms. The number of urea groups is 1. The first-order chi connectivity index (χ1) is 9.58. The Morgan fingerprint density at radius 1 is 1.10 bits per heavy atom. The van der Waals surface area contributed by atoms with Gasteiger partial charge in [-0.15, -0.1) is 0 Å². The highest BCUT2D eigenvalue weighted by atomic mass is 79.9. The maximum Gasteiger partial charge on any atom is 0.333 e. The molecule has 0 aliphatic heterocycles. The standard InChI is InChI=1S/C14H18BrN3O2/c1-16-13(20)18-17-12(19)14(8-2-3-9-14)10-4-6-11(15)7-5-10/h4-7H,2-3,8-9H2,1H3,(H,17,19)(H2,16,18,20). The van der Waals surface area contributed by atoms with E-state index in [0.717, 1.165) is 35.7 Å². The molecular weight excluding hydrogens is 322 g/mol. The Balaban J connectivity index is 2.19. The molecule has 2 rings (SSSR count). The second-order valence-corrected chi connectivity index (χ2v) is 5.87. The number of rotatable bonds is 2. The predicted molar refractivity (Wildman–Crippen MR) is 80.0 cm³/mol. The molecule has 0 aromatic heterocycles. The number of nitrogens with one attached hydrogen (secondary N) is 3. The minimum atomic E-state index is -0.540. The van der Waals surface area contributed by atoms with Crippen LogP contribution in [0, 0.1) is 0 Å². The van der Waals surface area contributed by atoms with E-state index < -0.39 is 11.4 Å². The maximum atomic E-state index is 12.5. The quantitative estimate of drug-likeness (QED) is 0.723. The van der Waals surface area contributed by atoms with Gasteiger partial charge in [-0.2, -0.15) is 0 Å². The lowest BCUT2D eigenvalue weighted by atomic mass is 9.78. The average molecular weight is 340 g/mol. The van der Waals surface area contributed by atoms with Crippen molar-refractivity contribution < 1.29 is 9.59 Å². The Labute approximate surface area is 126 Å². The lowest BCUT2D eigenvalue weighted by Gasteiger charge is -2.28. The van der Waals surface area contributed by atoms with E-state index >= 15 is 0 Å². The van der Waals surface area contributed by atoms with E-state index in [1.807, 2.05) is 24.3 Å². The molecule has 0 unspecified atom stereocenters. The lowest BCUT2D eigenvalue weighted by Crippen LogP contribution is -2.52. The molecule has 1 aromatic carbocycles. The zero-order valence-corrected chi connectivity index (χ0v) is 12.9. The van der Waals surface area contributed by atoms with Crippen LogP contribution >= 0.6 is 15.9 Å². The van der Waals surface area contributed by atoms with E-state index in [1.165, 1.54) is 7.05 Å². The van der Waals surface area contributed by atoms with Crippen LogP contribution in [0.5, 0.6) is 0 Å². The fourth-order valence-corrected chi connectivity index (χ4v) is 2.95. The van der Waals surface area contributed by atoms with Gasteiger partial charge in [0.15, 0.2) is 0 Å². The molecule has 1 aliphatic rings. The number of hydrogen-bond donors (Lipinski definition) is 3. The Kier molecular flexibility index (Phi) is 4.65. The van der Waals surface area contributed by atoms with Crippen molar-refractivity contribution in [2.24, 2.45) is 0 Å². The third-order valence-corrected chi connectivity index (χ3v) is 4.33. The van der Waals surface area contributed by atoms with Crippen LogP contribution in [-0.2, 0) is 10.2 Å². The third-order valence-electron chi connectivity index (χ3n) is 3.81. The Hall–Kier alpha value is -1.56. The second kappa shape index (κ2) is 6.26. The van der Waals surface area contributed by atoms with Gasteiger partial charge < -0.3 is 5.32 Å². The average Bonchev–Trinajstić information content (AvgIpc) is 2.95. The van der Waals surface area contributed by atoms with Crippen LogP contribution in [0.4, 0.5) is 4.79 Å². The largest absolute Gasteiger partial charge is 0.340 e. The van der Waals surface area contributed by atoms with E-state index in [1.54, 1.807) is 0 Å². The fraction of sp³-hybridized carbons (Fsp3) is 0.429. The van der Waals surface area contributed by atoms with Crippen molar-refractivity contribution in [3.8, 4) is 0 Å². The normalized spacial score (nSPS) is 16.5. The monoisotopic (exact) mass is 339 g/mol. The first-order valence-electron chi connectivity index (χ1n) is 6.63. The van der Waals surface area contributed by atoms with E-state index in [0.29, 0.717) is 0 Å². The zero-order valence-electron chi connectivity index (χ0n) is 11.3. The summed E-state index contributed by atoms with van der Waals surface area (Å²) in [6.45, 7) is 0. The molecule has 3 N–H and O–H groups in total. The van der Waals surface area contributed by atoms with E-state index in [-0.39, 0.29) is 5.91 Å². The third kappa shape index (κ3) is 2.95. The second-order valence-electron chi connectivity index (χ2n) is 4.95. The van der Waals surface area contributed by atoms with Crippen molar-refractivity contribution in [1.29, 1.82) is 0 Å². The van der Waals surface area contributed by atoms with Gasteiger partial charge in [-0.1, -0.05) is 40.9 Å². The van der Waals surface area contributed by atoms with E-state index in [9.17, 15) is 9.59 Å². The van der Waals surface area contributed by atoms with Crippen molar-refractivity contribution in [1.82, 2.24) is 16.2 Å². The summed E-state index contributed by atoms with van der Waals surface area (Å²) in [5.74, 6) is -0.152. The lowest BCUT2D eigenvalue weighted by molar-refractivity contribution is -0.127. The van der Waals surface area contributed by atoms with E-state index in [2.05, 4.69) is 32.1 Å². The van der Waals surface area contributed by atoms with Crippen molar-refractivity contribution in [2.45, 2.75) is 31.1 Å². The molecule has 1 fully saturated rings. The minimum absolute atomic E-state index is 0.152. The molecule has 0 heterocycles. The van der Waals surface area contributed by atoms with Gasteiger partial charge in [-0.3, -0.25) is 10.2 Å². The summed E-state index contributed by atoms with van der Waals surface area (Å²) in [6.07, 6.45) is 3.64. The molecule has 0 spiro atoms. The topological polar surface area (TPSA) is 70.2 Å². The van der Waals surface area contributed by atoms with Crippen LogP contribution in [0.3, 0.4) is 0 Å². The van der Waals surface area contributed by atoms with E-state index in [4.69, 9.17) is 0 Å². The van der Waals surface area contributed by atoms with Crippen LogP contribution in [0.25, 0.3) is 0 Å². The van der Waals surface area contributed by atoms with Crippen molar-refractivity contribution >= 4 is 27.9 Å². The van der Waals surface area contributed by atoms with Gasteiger partial charge in [0.1, 0.15) is 0 Å². The number of amides is 3. The summed E-state index contributed by atoms with van der Waals surface area (Å²) in [7, 11) is 1.50. The van der Waals surface area contributed by atoms with Crippen molar-refractivity contribution in [3.05, 3.63) is 34.3 Å². The van der Waals surface area contributed by atoms with Gasteiger partial charge in [-0.05, 0) is 30.5 Å². The van der Waals surface area contributed by atoms with Crippen molar-refractivity contribution in [3.63, 3.8) is 0 Å². The number of benzene rings is 1. The number of carbonyl (C=O) groups excluding carboxylic acids is 2. The molecule has 1 aromatic rings. The Morgan fingerprint density at radius 2 is 1.70 bits per heavy atom. The summed E-state index contributed by atoms with van der Waals surface area (Å²) >= 11 is 3.40. The van der Waals surface area contributed by atoms with Crippen LogP contribution in [0.2, 0.25) is 0 Å². The smallest absolute Gasteiger partial charge is 0.333 e. The molecule has 108 valence electrons. The molecule has 0 radical (unpaired) electrons. The number of hydrogen-bond acceptors (Lipinski definition) is 2. The maximum absolute atomic E-state index is 12.5. The Bertz CT molecular complexity index is 496. The van der Waals surface area contributed by atoms with Crippen LogP contribution in [-0.4, -0.2) is 19.0 Å². The summed E-state index contributed by atoms with van der Waals surface area (Å²) in [6, 6.07) is 7.38. The summed E-state index contributed by atoms with van der Waals surface area (Å²) in [5, 5.41) is 2.40. The molecule has 0 atom stereocenters. The van der Waals surface area contributed by atoms with Crippen LogP contribution in [0.15, 0.2) is 28.7 Å². The van der Waals surface area contributed by atoms with Gasteiger partial charge >= 0.3 is 6.03 Å². The summed E-state index contributed by atoms with van der Waals surface area (Å²) in [4.78, 5) is 23.7. The molecule has 5 nitrogen and oxygen atoms in total. The first kappa shape index (κ1) is 14.8. The molecule has 0 bridgehead atoms. The predicted octanol–water partition coefficient (Wildman–Crippen LogP) is 2.22. The number of hydrazine groups is 1. The highest BCUT2D eigenvalue weighted by Gasteiger charge is 2.42. The van der Waals surface area contributed by atoms with Crippen LogP contribution < -0.4 is 16.2 Å². The SMILES string of the molecule is CNC(=O)NNC(=O)C1(c2ccc(Br)cc2)CCCC1. The first-order valence-corrected chi connectivity index (χ1v) is 7.42. The van der Waals surface area contributed by atoms with Gasteiger partial charge in [0.25, 0.3) is 0 Å².